The molecular weight excluding hydrogens is 234 g/mol. The predicted molar refractivity (Wildman–Crippen MR) is 80.4 cm³/mol. The van der Waals surface area contributed by atoms with E-state index < -0.39 is 0 Å². The van der Waals surface area contributed by atoms with E-state index in [0.29, 0.717) is 6.04 Å². The summed E-state index contributed by atoms with van der Waals surface area (Å²) in [7, 11) is 0. The van der Waals surface area contributed by atoms with Gasteiger partial charge in [-0.05, 0) is 50.6 Å². The van der Waals surface area contributed by atoms with Crippen LogP contribution in [-0.4, -0.2) is 19.8 Å². The average molecular weight is 261 g/mol. The Bertz CT molecular complexity index is 356. The molecule has 1 N–H and O–H groups in total. The van der Waals surface area contributed by atoms with Crippen LogP contribution in [0.5, 0.6) is 0 Å². The fourth-order valence-electron chi connectivity index (χ4n) is 2.28. The number of hydrogen-bond donors (Lipinski definition) is 1. The maximum atomic E-state index is 5.65. The molecule has 1 unspecified atom stereocenters. The van der Waals surface area contributed by atoms with Crippen LogP contribution in [0.2, 0.25) is 0 Å². The van der Waals surface area contributed by atoms with E-state index in [1.165, 1.54) is 24.0 Å². The van der Waals surface area contributed by atoms with Gasteiger partial charge in [0.25, 0.3) is 0 Å². The molecule has 2 nitrogen and oxygen atoms in total. The summed E-state index contributed by atoms with van der Waals surface area (Å²) in [5.74, 6) is 0.879. The summed E-state index contributed by atoms with van der Waals surface area (Å²) in [4.78, 5) is 0. The lowest BCUT2D eigenvalue weighted by molar-refractivity contribution is 0.121. The van der Waals surface area contributed by atoms with Gasteiger partial charge in [0.2, 0.25) is 0 Å². The third-order valence-corrected chi connectivity index (χ3v) is 3.79. The molecule has 2 rings (SSSR count). The van der Waals surface area contributed by atoms with Crippen LogP contribution in [0.15, 0.2) is 24.3 Å². The second-order valence-corrected chi connectivity index (χ2v) is 5.70. The highest BCUT2D eigenvalue weighted by Gasteiger charge is 2.20. The molecule has 1 aliphatic carbocycles. The Hall–Kier alpha value is -0.860. The third-order valence-electron chi connectivity index (χ3n) is 3.79. The van der Waals surface area contributed by atoms with Crippen molar-refractivity contribution in [1.82, 2.24) is 5.32 Å². The molecule has 19 heavy (non-hydrogen) atoms. The molecule has 1 aliphatic rings. The molecule has 1 fully saturated rings. The van der Waals surface area contributed by atoms with Crippen LogP contribution in [0, 0.1) is 12.8 Å². The van der Waals surface area contributed by atoms with Crippen molar-refractivity contribution in [3.05, 3.63) is 35.4 Å². The molecule has 1 saturated carbocycles. The molecule has 0 amide bonds. The second-order valence-electron chi connectivity index (χ2n) is 5.70. The van der Waals surface area contributed by atoms with Crippen LogP contribution in [-0.2, 0) is 4.74 Å². The van der Waals surface area contributed by atoms with E-state index in [0.717, 1.165) is 38.5 Å². The molecule has 0 heterocycles. The molecule has 0 spiro atoms. The van der Waals surface area contributed by atoms with Crippen LogP contribution in [0.4, 0.5) is 0 Å². The van der Waals surface area contributed by atoms with E-state index in [2.05, 4.69) is 43.4 Å². The molecule has 1 aromatic carbocycles. The van der Waals surface area contributed by atoms with Gasteiger partial charge in [-0.25, -0.2) is 0 Å². The first-order chi connectivity index (χ1) is 9.29. The summed E-state index contributed by atoms with van der Waals surface area (Å²) in [5, 5.41) is 3.63. The van der Waals surface area contributed by atoms with E-state index in [1.807, 2.05) is 0 Å². The summed E-state index contributed by atoms with van der Waals surface area (Å²) >= 11 is 0. The van der Waals surface area contributed by atoms with Crippen molar-refractivity contribution in [1.29, 1.82) is 0 Å². The minimum atomic E-state index is 0.476. The summed E-state index contributed by atoms with van der Waals surface area (Å²) < 4.78 is 5.65. The Labute approximate surface area is 117 Å². The minimum Gasteiger partial charge on any atom is -0.381 e. The van der Waals surface area contributed by atoms with Crippen LogP contribution < -0.4 is 5.32 Å². The molecule has 0 aliphatic heterocycles. The Morgan fingerprint density at radius 2 is 2.00 bits per heavy atom. The van der Waals surface area contributed by atoms with Gasteiger partial charge in [0, 0.05) is 19.3 Å². The minimum absolute atomic E-state index is 0.476. The Kier molecular flexibility index (Phi) is 5.87. The smallest absolute Gasteiger partial charge is 0.0494 e. The van der Waals surface area contributed by atoms with Gasteiger partial charge in [0.1, 0.15) is 0 Å². The highest BCUT2D eigenvalue weighted by molar-refractivity contribution is 5.23. The van der Waals surface area contributed by atoms with E-state index in [9.17, 15) is 0 Å². The molecule has 2 heteroatoms. The van der Waals surface area contributed by atoms with E-state index in [1.54, 1.807) is 0 Å². The first-order valence-electron chi connectivity index (χ1n) is 7.67. The summed E-state index contributed by atoms with van der Waals surface area (Å²) in [6.07, 6.45) is 4.99. The zero-order valence-corrected chi connectivity index (χ0v) is 12.3. The quantitative estimate of drug-likeness (QED) is 0.682. The van der Waals surface area contributed by atoms with Crippen molar-refractivity contribution in [2.45, 2.75) is 45.6 Å². The fourth-order valence-corrected chi connectivity index (χ4v) is 2.28. The topological polar surface area (TPSA) is 21.3 Å². The van der Waals surface area contributed by atoms with Gasteiger partial charge in [-0.2, -0.15) is 0 Å². The van der Waals surface area contributed by atoms with Gasteiger partial charge in [-0.3, -0.25) is 0 Å². The summed E-state index contributed by atoms with van der Waals surface area (Å²) in [5.41, 5.74) is 2.72. The first kappa shape index (κ1) is 14.5. The normalized spacial score (nSPS) is 16.5. The number of nitrogens with one attached hydrogen (secondary N) is 1. The van der Waals surface area contributed by atoms with E-state index in [4.69, 9.17) is 4.74 Å². The van der Waals surface area contributed by atoms with Crippen LogP contribution >= 0.6 is 0 Å². The average Bonchev–Trinajstić information content (AvgIpc) is 3.24. The molecule has 1 atom stereocenters. The molecule has 0 saturated heterocycles. The monoisotopic (exact) mass is 261 g/mol. The lowest BCUT2D eigenvalue weighted by Gasteiger charge is -2.17. The van der Waals surface area contributed by atoms with Crippen LogP contribution in [0.3, 0.4) is 0 Å². The van der Waals surface area contributed by atoms with Gasteiger partial charge in [-0.15, -0.1) is 0 Å². The fraction of sp³-hybridized carbons (Fsp3) is 0.647. The summed E-state index contributed by atoms with van der Waals surface area (Å²) in [6, 6.07) is 9.33. The lowest BCUT2D eigenvalue weighted by Crippen LogP contribution is -2.23. The molecular formula is C17H27NO. The van der Waals surface area contributed by atoms with E-state index in [-0.39, 0.29) is 0 Å². The first-order valence-corrected chi connectivity index (χ1v) is 7.67. The zero-order chi connectivity index (χ0) is 13.5. The standard InChI is InChI=1S/C17H27NO/c1-3-17(16-9-5-14(2)6-10-16)18-11-4-12-19-13-15-7-8-15/h5-6,9-10,15,17-18H,3-4,7-8,11-13H2,1-2H3. The SMILES string of the molecule is CCC(NCCCOCC1CC1)c1ccc(C)cc1. The number of aryl methyl sites for hydroxylation is 1. The molecule has 106 valence electrons. The highest BCUT2D eigenvalue weighted by Crippen LogP contribution is 2.28. The van der Waals surface area contributed by atoms with Crippen molar-refractivity contribution >= 4 is 0 Å². The van der Waals surface area contributed by atoms with Crippen molar-refractivity contribution in [2.24, 2.45) is 5.92 Å². The maximum absolute atomic E-state index is 5.65. The van der Waals surface area contributed by atoms with Gasteiger partial charge in [0.15, 0.2) is 0 Å². The maximum Gasteiger partial charge on any atom is 0.0494 e. The second kappa shape index (κ2) is 7.66. The highest BCUT2D eigenvalue weighted by atomic mass is 16.5. The van der Waals surface area contributed by atoms with Gasteiger partial charge in [0.05, 0.1) is 0 Å². The van der Waals surface area contributed by atoms with Gasteiger partial charge in [-0.1, -0.05) is 36.8 Å². The van der Waals surface area contributed by atoms with Crippen molar-refractivity contribution in [3.8, 4) is 0 Å². The number of benzene rings is 1. The summed E-state index contributed by atoms with van der Waals surface area (Å²) in [6.45, 7) is 7.29. The predicted octanol–water partition coefficient (Wildman–Crippen LogP) is 3.85. The van der Waals surface area contributed by atoms with Gasteiger partial charge < -0.3 is 10.1 Å². The molecule has 0 radical (unpaired) electrons. The lowest BCUT2D eigenvalue weighted by atomic mass is 10.0. The Morgan fingerprint density at radius 3 is 2.63 bits per heavy atom. The third kappa shape index (κ3) is 5.33. The Morgan fingerprint density at radius 1 is 1.26 bits per heavy atom. The molecule has 1 aromatic rings. The number of ether oxygens (including phenoxy) is 1. The van der Waals surface area contributed by atoms with Crippen LogP contribution in [0.25, 0.3) is 0 Å². The molecule has 0 bridgehead atoms. The van der Waals surface area contributed by atoms with E-state index >= 15 is 0 Å². The van der Waals surface area contributed by atoms with Gasteiger partial charge >= 0.3 is 0 Å². The van der Waals surface area contributed by atoms with Crippen LogP contribution in [0.1, 0.15) is 49.8 Å². The largest absolute Gasteiger partial charge is 0.381 e. The van der Waals surface area contributed by atoms with Crippen molar-refractivity contribution in [3.63, 3.8) is 0 Å². The Balaban J connectivity index is 1.62. The number of hydrogen-bond acceptors (Lipinski definition) is 2. The van der Waals surface area contributed by atoms with Crippen molar-refractivity contribution in [2.75, 3.05) is 19.8 Å². The zero-order valence-electron chi connectivity index (χ0n) is 12.3. The van der Waals surface area contributed by atoms with Crippen molar-refractivity contribution < 1.29 is 4.74 Å². The molecule has 0 aromatic heterocycles. The number of rotatable bonds is 9.